The standard InChI is InChI=1S/C22H22N4O2S3/c27-17-10-14(23-21-25(17)8-9-29-21)11-31-22-24-19-18(16(12-30-19)13-6-7-13)20(28)26(22)15-4-2-1-3-5-15/h8-10,12-13,15H,1-7,11H2. The van der Waals surface area contributed by atoms with Crippen LogP contribution in [0, 0.1) is 0 Å². The van der Waals surface area contributed by atoms with E-state index in [1.54, 1.807) is 28.0 Å². The van der Waals surface area contributed by atoms with Crippen LogP contribution in [0.15, 0.2) is 37.8 Å². The topological polar surface area (TPSA) is 69.3 Å². The summed E-state index contributed by atoms with van der Waals surface area (Å²) >= 11 is 4.57. The van der Waals surface area contributed by atoms with Gasteiger partial charge < -0.3 is 0 Å². The Morgan fingerprint density at radius 2 is 1.90 bits per heavy atom. The van der Waals surface area contributed by atoms with Crippen LogP contribution < -0.4 is 11.1 Å². The van der Waals surface area contributed by atoms with E-state index in [1.807, 2.05) is 9.95 Å². The van der Waals surface area contributed by atoms with Gasteiger partial charge in [-0.15, -0.1) is 22.7 Å². The van der Waals surface area contributed by atoms with Crippen molar-refractivity contribution in [2.24, 2.45) is 0 Å². The predicted octanol–water partition coefficient (Wildman–Crippen LogP) is 5.20. The summed E-state index contributed by atoms with van der Waals surface area (Å²) in [5.41, 5.74) is 2.00. The molecule has 0 unspecified atom stereocenters. The minimum absolute atomic E-state index is 0.0673. The normalized spacial score (nSPS) is 17.7. The molecule has 6 rings (SSSR count). The highest BCUT2D eigenvalue weighted by Gasteiger charge is 2.30. The quantitative estimate of drug-likeness (QED) is 0.296. The van der Waals surface area contributed by atoms with Crippen LogP contribution in [-0.2, 0) is 5.75 Å². The zero-order chi connectivity index (χ0) is 20.9. The molecule has 2 saturated carbocycles. The largest absolute Gasteiger partial charge is 0.284 e. The summed E-state index contributed by atoms with van der Waals surface area (Å²) in [5, 5.41) is 5.62. The minimum atomic E-state index is -0.0673. The van der Waals surface area contributed by atoms with Gasteiger partial charge in [-0.1, -0.05) is 31.0 Å². The zero-order valence-electron chi connectivity index (χ0n) is 17.0. The molecule has 9 heteroatoms. The lowest BCUT2D eigenvalue weighted by atomic mass is 9.95. The van der Waals surface area contributed by atoms with E-state index >= 15 is 0 Å². The number of thiazole rings is 1. The first kappa shape index (κ1) is 19.7. The van der Waals surface area contributed by atoms with Gasteiger partial charge in [0, 0.05) is 29.4 Å². The molecule has 31 heavy (non-hydrogen) atoms. The lowest BCUT2D eigenvalue weighted by Crippen LogP contribution is -2.29. The number of nitrogens with zero attached hydrogens (tertiary/aromatic N) is 4. The van der Waals surface area contributed by atoms with Gasteiger partial charge in [0.05, 0.1) is 11.1 Å². The molecule has 4 heterocycles. The van der Waals surface area contributed by atoms with Crippen LogP contribution in [0.3, 0.4) is 0 Å². The van der Waals surface area contributed by atoms with Crippen LogP contribution in [-0.4, -0.2) is 18.9 Å². The van der Waals surface area contributed by atoms with Crippen LogP contribution >= 0.6 is 34.4 Å². The van der Waals surface area contributed by atoms with Crippen LogP contribution in [0.5, 0.6) is 0 Å². The molecule has 0 N–H and O–H groups in total. The van der Waals surface area contributed by atoms with E-state index in [2.05, 4.69) is 10.4 Å². The molecule has 2 aliphatic rings. The summed E-state index contributed by atoms with van der Waals surface area (Å²) in [5.74, 6) is 1.06. The number of rotatable bonds is 5. The summed E-state index contributed by atoms with van der Waals surface area (Å²) in [6, 6.07) is 1.80. The van der Waals surface area contributed by atoms with Crippen LogP contribution in [0.2, 0.25) is 0 Å². The molecule has 0 radical (unpaired) electrons. The Balaban J connectivity index is 1.41. The second kappa shape index (κ2) is 7.86. The van der Waals surface area contributed by atoms with E-state index in [0.29, 0.717) is 16.6 Å². The molecule has 0 spiro atoms. The maximum atomic E-state index is 13.7. The summed E-state index contributed by atoms with van der Waals surface area (Å²) < 4.78 is 3.54. The van der Waals surface area contributed by atoms with E-state index in [4.69, 9.17) is 4.98 Å². The molecule has 0 atom stereocenters. The molecule has 0 aromatic carbocycles. The summed E-state index contributed by atoms with van der Waals surface area (Å²) in [6.07, 6.45) is 9.72. The van der Waals surface area contributed by atoms with Gasteiger partial charge in [-0.25, -0.2) is 9.97 Å². The number of hydrogen-bond donors (Lipinski definition) is 0. The van der Waals surface area contributed by atoms with E-state index in [1.165, 1.54) is 47.9 Å². The average molecular weight is 471 g/mol. The maximum absolute atomic E-state index is 13.7. The SMILES string of the molecule is O=c1c2c(C3CC3)csc2nc(SCc2cc(=O)n3ccsc3n2)n1C1CCCCC1. The lowest BCUT2D eigenvalue weighted by molar-refractivity contribution is 0.326. The van der Waals surface area contributed by atoms with Gasteiger partial charge in [0.15, 0.2) is 10.1 Å². The van der Waals surface area contributed by atoms with Crippen molar-refractivity contribution in [3.05, 3.63) is 55.0 Å². The molecule has 4 aromatic heterocycles. The van der Waals surface area contributed by atoms with E-state index in [0.717, 1.165) is 46.8 Å². The zero-order valence-corrected chi connectivity index (χ0v) is 19.4. The van der Waals surface area contributed by atoms with Gasteiger partial charge in [-0.2, -0.15) is 0 Å². The Bertz CT molecular complexity index is 1390. The molecule has 0 amide bonds. The fourth-order valence-corrected chi connectivity index (χ4v) is 7.32. The van der Waals surface area contributed by atoms with Crippen LogP contribution in [0.25, 0.3) is 15.2 Å². The summed E-state index contributed by atoms with van der Waals surface area (Å²) in [6.45, 7) is 0. The van der Waals surface area contributed by atoms with Crippen molar-refractivity contribution in [2.75, 3.05) is 0 Å². The van der Waals surface area contributed by atoms with Crippen molar-refractivity contribution in [1.29, 1.82) is 0 Å². The molecule has 2 aliphatic carbocycles. The predicted molar refractivity (Wildman–Crippen MR) is 127 cm³/mol. The third-order valence-corrected chi connectivity index (χ3v) is 8.93. The Morgan fingerprint density at radius 1 is 1.06 bits per heavy atom. The maximum Gasteiger partial charge on any atom is 0.263 e. The monoisotopic (exact) mass is 470 g/mol. The van der Waals surface area contributed by atoms with Gasteiger partial charge in [0.1, 0.15) is 4.83 Å². The number of thioether (sulfide) groups is 1. The molecule has 0 saturated heterocycles. The van der Waals surface area contributed by atoms with Crippen molar-refractivity contribution < 1.29 is 0 Å². The second-order valence-corrected chi connectivity index (χ2v) is 11.1. The van der Waals surface area contributed by atoms with Gasteiger partial charge in [0.25, 0.3) is 11.1 Å². The van der Waals surface area contributed by atoms with E-state index < -0.39 is 0 Å². The number of fused-ring (bicyclic) bond motifs is 2. The fraction of sp³-hybridized carbons (Fsp3) is 0.455. The number of hydrogen-bond acceptors (Lipinski definition) is 7. The number of thiophene rings is 1. The third-order valence-electron chi connectivity index (χ3n) is 6.30. The van der Waals surface area contributed by atoms with Gasteiger partial charge in [-0.05, 0) is 42.5 Å². The Labute approximate surface area is 191 Å². The highest BCUT2D eigenvalue weighted by atomic mass is 32.2. The Hall–Kier alpha value is -1.97. The molecule has 6 nitrogen and oxygen atoms in total. The molecule has 2 fully saturated rings. The average Bonchev–Trinajstić information content (AvgIpc) is 3.34. The summed E-state index contributed by atoms with van der Waals surface area (Å²) in [4.78, 5) is 37.2. The van der Waals surface area contributed by atoms with Crippen LogP contribution in [0.1, 0.15) is 68.2 Å². The fourth-order valence-electron chi connectivity index (χ4n) is 4.56. The van der Waals surface area contributed by atoms with Crippen molar-refractivity contribution in [1.82, 2.24) is 18.9 Å². The van der Waals surface area contributed by atoms with Crippen LogP contribution in [0.4, 0.5) is 0 Å². The first-order chi connectivity index (χ1) is 15.2. The highest BCUT2D eigenvalue weighted by Crippen LogP contribution is 2.44. The van der Waals surface area contributed by atoms with Crippen molar-refractivity contribution in [2.45, 2.75) is 67.8 Å². The van der Waals surface area contributed by atoms with E-state index in [9.17, 15) is 9.59 Å². The Kier molecular flexibility index (Phi) is 5.00. The number of aromatic nitrogens is 4. The lowest BCUT2D eigenvalue weighted by Gasteiger charge is -2.26. The molecular weight excluding hydrogens is 448 g/mol. The minimum Gasteiger partial charge on any atom is -0.284 e. The van der Waals surface area contributed by atoms with Crippen molar-refractivity contribution in [3.63, 3.8) is 0 Å². The molecule has 0 aliphatic heterocycles. The first-order valence-electron chi connectivity index (χ1n) is 10.8. The van der Waals surface area contributed by atoms with Gasteiger partial charge in [-0.3, -0.25) is 18.6 Å². The molecule has 160 valence electrons. The summed E-state index contributed by atoms with van der Waals surface area (Å²) in [7, 11) is 0. The van der Waals surface area contributed by atoms with Gasteiger partial charge in [0.2, 0.25) is 0 Å². The molecule has 0 bridgehead atoms. The molecular formula is C22H22N4O2S3. The Morgan fingerprint density at radius 3 is 2.71 bits per heavy atom. The van der Waals surface area contributed by atoms with Crippen molar-refractivity contribution >= 4 is 49.6 Å². The highest BCUT2D eigenvalue weighted by molar-refractivity contribution is 7.98. The smallest absolute Gasteiger partial charge is 0.263 e. The molecule has 4 aromatic rings. The third kappa shape index (κ3) is 3.56. The van der Waals surface area contributed by atoms with E-state index in [-0.39, 0.29) is 17.2 Å². The first-order valence-corrected chi connectivity index (χ1v) is 13.6. The van der Waals surface area contributed by atoms with Gasteiger partial charge >= 0.3 is 0 Å². The van der Waals surface area contributed by atoms with Crippen molar-refractivity contribution in [3.8, 4) is 0 Å². The second-order valence-electron chi connectivity index (χ2n) is 8.44.